The second kappa shape index (κ2) is 8.23. The van der Waals surface area contributed by atoms with Gasteiger partial charge in [-0.1, -0.05) is 0 Å². The molecule has 2 rings (SSSR count). The zero-order chi connectivity index (χ0) is 18.4. The number of benzene rings is 1. The van der Waals surface area contributed by atoms with Crippen LogP contribution in [0.1, 0.15) is 56.3 Å². The first-order valence-electron chi connectivity index (χ1n) is 8.70. The lowest BCUT2D eigenvalue weighted by atomic mass is 9.90. The van der Waals surface area contributed by atoms with Crippen molar-refractivity contribution in [1.82, 2.24) is 5.32 Å². The summed E-state index contributed by atoms with van der Waals surface area (Å²) in [5.41, 5.74) is -0.409. The van der Waals surface area contributed by atoms with E-state index in [0.717, 1.165) is 12.8 Å². The van der Waals surface area contributed by atoms with E-state index in [1.54, 1.807) is 39.2 Å². The molecule has 6 nitrogen and oxygen atoms in total. The van der Waals surface area contributed by atoms with Gasteiger partial charge in [0.05, 0.1) is 18.6 Å². The number of aliphatic carboxylic acids is 1. The third-order valence-corrected chi connectivity index (χ3v) is 4.64. The first-order chi connectivity index (χ1) is 11.8. The Bertz CT molecular complexity index is 620. The highest BCUT2D eigenvalue weighted by molar-refractivity contribution is 5.94. The molecule has 2 N–H and O–H groups in total. The lowest BCUT2D eigenvalue weighted by Crippen LogP contribution is -2.31. The van der Waals surface area contributed by atoms with Crippen molar-refractivity contribution in [3.8, 4) is 11.5 Å². The number of hydrogen-bond donors (Lipinski definition) is 2. The van der Waals surface area contributed by atoms with Gasteiger partial charge < -0.3 is 19.9 Å². The minimum Gasteiger partial charge on any atom is -0.493 e. The normalized spacial score (nSPS) is 15.0. The molecule has 0 aliphatic heterocycles. The van der Waals surface area contributed by atoms with Crippen molar-refractivity contribution in [2.45, 2.75) is 52.1 Å². The number of carboxylic acid groups (broad SMARTS) is 1. The highest BCUT2D eigenvalue weighted by atomic mass is 16.5. The fourth-order valence-electron chi connectivity index (χ4n) is 2.79. The van der Waals surface area contributed by atoms with Crippen LogP contribution in [0.4, 0.5) is 0 Å². The largest absolute Gasteiger partial charge is 0.493 e. The molecule has 0 bridgehead atoms. The minimum absolute atomic E-state index is 0.215. The molecule has 1 fully saturated rings. The number of methoxy groups -OCH3 is 1. The van der Waals surface area contributed by atoms with Crippen LogP contribution in [0.5, 0.6) is 11.5 Å². The first-order valence-corrected chi connectivity index (χ1v) is 8.70. The van der Waals surface area contributed by atoms with E-state index in [2.05, 4.69) is 5.32 Å². The number of ether oxygens (including phenoxy) is 2. The fraction of sp³-hybridized carbons (Fsp3) is 0.579. The van der Waals surface area contributed by atoms with Gasteiger partial charge in [0.15, 0.2) is 11.5 Å². The average Bonchev–Trinajstić information content (AvgIpc) is 3.07. The summed E-state index contributed by atoms with van der Waals surface area (Å²) in [6.07, 6.45) is 5.02. The molecule has 0 saturated heterocycles. The van der Waals surface area contributed by atoms with Crippen LogP contribution in [0, 0.1) is 5.41 Å². The van der Waals surface area contributed by atoms with E-state index in [-0.39, 0.29) is 12.0 Å². The fourth-order valence-corrected chi connectivity index (χ4v) is 2.79. The molecular formula is C19H27NO5. The van der Waals surface area contributed by atoms with Crippen molar-refractivity contribution >= 4 is 11.9 Å². The van der Waals surface area contributed by atoms with E-state index in [9.17, 15) is 9.59 Å². The molecule has 25 heavy (non-hydrogen) atoms. The van der Waals surface area contributed by atoms with Crippen LogP contribution in [-0.4, -0.2) is 36.7 Å². The quantitative estimate of drug-likeness (QED) is 0.752. The van der Waals surface area contributed by atoms with E-state index >= 15 is 0 Å². The Morgan fingerprint density at radius 3 is 2.52 bits per heavy atom. The zero-order valence-electron chi connectivity index (χ0n) is 15.1. The predicted octanol–water partition coefficient (Wildman–Crippen LogP) is 3.25. The summed E-state index contributed by atoms with van der Waals surface area (Å²) >= 11 is 0. The lowest BCUT2D eigenvalue weighted by Gasteiger charge is -2.19. The molecule has 0 atom stereocenters. The maximum absolute atomic E-state index is 12.3. The molecule has 0 spiro atoms. The maximum Gasteiger partial charge on any atom is 0.309 e. The molecule has 0 heterocycles. The average molecular weight is 349 g/mol. The molecule has 1 saturated carbocycles. The Hall–Kier alpha value is -2.24. The third-order valence-electron chi connectivity index (χ3n) is 4.64. The number of carbonyl (C=O) groups is 2. The van der Waals surface area contributed by atoms with Crippen LogP contribution in [0.15, 0.2) is 18.2 Å². The van der Waals surface area contributed by atoms with Crippen LogP contribution in [-0.2, 0) is 4.79 Å². The van der Waals surface area contributed by atoms with Gasteiger partial charge in [-0.25, -0.2) is 0 Å². The van der Waals surface area contributed by atoms with Crippen molar-refractivity contribution in [3.63, 3.8) is 0 Å². The Kier molecular flexibility index (Phi) is 6.28. The molecule has 138 valence electrons. The number of nitrogens with one attached hydrogen (secondary N) is 1. The van der Waals surface area contributed by atoms with Gasteiger partial charge in [-0.15, -0.1) is 0 Å². The molecule has 0 aromatic heterocycles. The van der Waals surface area contributed by atoms with E-state index in [1.807, 2.05) is 0 Å². The Morgan fingerprint density at radius 1 is 1.24 bits per heavy atom. The molecule has 1 aromatic carbocycles. The van der Waals surface area contributed by atoms with E-state index in [1.165, 1.54) is 12.8 Å². The zero-order valence-corrected chi connectivity index (χ0v) is 15.1. The van der Waals surface area contributed by atoms with Gasteiger partial charge in [0, 0.05) is 12.1 Å². The van der Waals surface area contributed by atoms with Crippen LogP contribution in [0.25, 0.3) is 0 Å². The van der Waals surface area contributed by atoms with Crippen LogP contribution in [0.2, 0.25) is 0 Å². The number of carboxylic acids is 1. The maximum atomic E-state index is 12.3. The number of rotatable bonds is 8. The molecule has 1 aliphatic carbocycles. The Morgan fingerprint density at radius 2 is 1.92 bits per heavy atom. The van der Waals surface area contributed by atoms with Crippen molar-refractivity contribution in [3.05, 3.63) is 23.8 Å². The second-order valence-electron chi connectivity index (χ2n) is 7.08. The van der Waals surface area contributed by atoms with Gasteiger partial charge in [0.1, 0.15) is 0 Å². The number of amides is 1. The molecule has 0 unspecified atom stereocenters. The highest BCUT2D eigenvalue weighted by Gasteiger charge is 2.26. The summed E-state index contributed by atoms with van der Waals surface area (Å²) < 4.78 is 11.3. The van der Waals surface area contributed by atoms with Gasteiger partial charge in [-0.05, 0) is 64.2 Å². The summed E-state index contributed by atoms with van der Waals surface area (Å²) in [5, 5.41) is 11.9. The minimum atomic E-state index is -0.878. The molecule has 0 radical (unpaired) electrons. The van der Waals surface area contributed by atoms with Crippen LogP contribution >= 0.6 is 0 Å². The van der Waals surface area contributed by atoms with Gasteiger partial charge >= 0.3 is 5.97 Å². The standard InChI is InChI=1S/C19H27NO5/c1-19(2,18(22)23)10-11-20-17(21)13-8-9-15(16(12-13)24-3)25-14-6-4-5-7-14/h8-9,12,14H,4-7,10-11H2,1-3H3,(H,20,21)(H,22,23). The topological polar surface area (TPSA) is 84.9 Å². The van der Waals surface area contributed by atoms with Crippen molar-refractivity contribution in [2.24, 2.45) is 5.41 Å². The van der Waals surface area contributed by atoms with Crippen molar-refractivity contribution < 1.29 is 24.2 Å². The van der Waals surface area contributed by atoms with Crippen LogP contribution < -0.4 is 14.8 Å². The molecule has 1 aromatic rings. The van der Waals surface area contributed by atoms with Crippen molar-refractivity contribution in [1.29, 1.82) is 0 Å². The molecular weight excluding hydrogens is 322 g/mol. The predicted molar refractivity (Wildman–Crippen MR) is 94.2 cm³/mol. The Labute approximate surface area is 148 Å². The highest BCUT2D eigenvalue weighted by Crippen LogP contribution is 2.32. The summed E-state index contributed by atoms with van der Waals surface area (Å²) in [7, 11) is 1.55. The van der Waals surface area contributed by atoms with Crippen LogP contribution in [0.3, 0.4) is 0 Å². The van der Waals surface area contributed by atoms with Gasteiger partial charge in [0.25, 0.3) is 5.91 Å². The summed E-state index contributed by atoms with van der Waals surface area (Å²) in [6.45, 7) is 3.57. The molecule has 6 heteroatoms. The molecule has 1 amide bonds. The van der Waals surface area contributed by atoms with E-state index < -0.39 is 11.4 Å². The molecule has 1 aliphatic rings. The van der Waals surface area contributed by atoms with Gasteiger partial charge in [-0.3, -0.25) is 9.59 Å². The lowest BCUT2D eigenvalue weighted by molar-refractivity contribution is -0.147. The Balaban J connectivity index is 1.96. The number of hydrogen-bond acceptors (Lipinski definition) is 4. The van der Waals surface area contributed by atoms with Gasteiger partial charge in [0.2, 0.25) is 0 Å². The second-order valence-corrected chi connectivity index (χ2v) is 7.08. The summed E-state index contributed by atoms with van der Waals surface area (Å²) in [4.78, 5) is 23.4. The van der Waals surface area contributed by atoms with E-state index in [0.29, 0.717) is 30.0 Å². The monoisotopic (exact) mass is 349 g/mol. The smallest absolute Gasteiger partial charge is 0.309 e. The summed E-state index contributed by atoms with van der Waals surface area (Å²) in [6, 6.07) is 5.11. The van der Waals surface area contributed by atoms with E-state index in [4.69, 9.17) is 14.6 Å². The van der Waals surface area contributed by atoms with Crippen molar-refractivity contribution in [2.75, 3.05) is 13.7 Å². The number of carbonyl (C=O) groups excluding carboxylic acids is 1. The third kappa shape index (κ3) is 5.11. The first kappa shape index (κ1) is 19.1. The van der Waals surface area contributed by atoms with Gasteiger partial charge in [-0.2, -0.15) is 0 Å². The summed E-state index contributed by atoms with van der Waals surface area (Å²) in [5.74, 6) is 0.0483. The SMILES string of the molecule is COc1cc(C(=O)NCCC(C)(C)C(=O)O)ccc1OC1CCCC1.